The van der Waals surface area contributed by atoms with Crippen LogP contribution >= 0.6 is 11.3 Å². The number of carbonyl (C=O) groups excluding carboxylic acids is 1. The number of guanidine groups is 1. The molecule has 0 atom stereocenters. The molecule has 2 heterocycles. The van der Waals surface area contributed by atoms with E-state index in [1.54, 1.807) is 18.4 Å². The van der Waals surface area contributed by atoms with Crippen molar-refractivity contribution in [3.63, 3.8) is 0 Å². The number of hydrogen-bond donors (Lipinski definition) is 2. The fraction of sp³-hybridized carbons (Fsp3) is 0.421. The summed E-state index contributed by atoms with van der Waals surface area (Å²) in [4.78, 5) is 23.0. The molecular weight excluding hydrogens is 346 g/mol. The van der Waals surface area contributed by atoms with Gasteiger partial charge in [-0.25, -0.2) is 4.98 Å². The van der Waals surface area contributed by atoms with E-state index in [-0.39, 0.29) is 12.5 Å². The molecule has 0 saturated heterocycles. The van der Waals surface area contributed by atoms with Crippen LogP contribution in [0.3, 0.4) is 0 Å². The highest BCUT2D eigenvalue weighted by Crippen LogP contribution is 2.18. The molecule has 7 heteroatoms. The molecule has 1 aromatic carbocycles. The topological polar surface area (TPSA) is 69.6 Å². The van der Waals surface area contributed by atoms with Gasteiger partial charge in [0.05, 0.1) is 17.2 Å². The molecule has 0 radical (unpaired) electrons. The number of rotatable bonds is 5. The van der Waals surface area contributed by atoms with E-state index < -0.39 is 0 Å². The Morgan fingerprint density at radius 1 is 1.31 bits per heavy atom. The summed E-state index contributed by atoms with van der Waals surface area (Å²) in [6, 6.07) is 8.33. The number of aliphatic imine (C=N–C) groups is 1. The second-order valence-electron chi connectivity index (χ2n) is 6.29. The van der Waals surface area contributed by atoms with Gasteiger partial charge in [-0.3, -0.25) is 9.79 Å². The fourth-order valence-electron chi connectivity index (χ4n) is 3.03. The highest BCUT2D eigenvalue weighted by atomic mass is 32.1. The number of amides is 1. The van der Waals surface area contributed by atoms with Crippen LogP contribution in [0.2, 0.25) is 0 Å². The molecule has 1 amide bonds. The molecule has 3 rings (SSSR count). The van der Waals surface area contributed by atoms with Crippen LogP contribution in [0.25, 0.3) is 0 Å². The number of nitrogens with zero attached hydrogens (tertiary/aromatic N) is 3. The van der Waals surface area contributed by atoms with Gasteiger partial charge in [-0.2, -0.15) is 0 Å². The van der Waals surface area contributed by atoms with Crippen molar-refractivity contribution in [3.05, 3.63) is 51.5 Å². The van der Waals surface area contributed by atoms with Gasteiger partial charge < -0.3 is 15.5 Å². The van der Waals surface area contributed by atoms with Crippen molar-refractivity contribution in [2.45, 2.75) is 26.3 Å². The molecule has 0 spiro atoms. The van der Waals surface area contributed by atoms with Gasteiger partial charge in [-0.15, -0.1) is 11.3 Å². The second-order valence-corrected chi connectivity index (χ2v) is 7.36. The zero-order valence-electron chi connectivity index (χ0n) is 15.3. The summed E-state index contributed by atoms with van der Waals surface area (Å²) in [6.45, 7) is 4.44. The van der Waals surface area contributed by atoms with E-state index in [4.69, 9.17) is 0 Å². The molecule has 6 nitrogen and oxygen atoms in total. The lowest BCUT2D eigenvalue weighted by Gasteiger charge is -2.29. The van der Waals surface area contributed by atoms with Crippen molar-refractivity contribution in [2.24, 2.45) is 4.99 Å². The first-order chi connectivity index (χ1) is 12.7. The van der Waals surface area contributed by atoms with Gasteiger partial charge in [0, 0.05) is 38.5 Å². The summed E-state index contributed by atoms with van der Waals surface area (Å²) >= 11 is 1.66. The fourth-order valence-corrected chi connectivity index (χ4v) is 3.68. The zero-order chi connectivity index (χ0) is 18.4. The van der Waals surface area contributed by atoms with E-state index in [1.165, 1.54) is 11.1 Å². The van der Waals surface area contributed by atoms with Gasteiger partial charge >= 0.3 is 0 Å². The predicted molar refractivity (Wildman–Crippen MR) is 105 cm³/mol. The van der Waals surface area contributed by atoms with Crippen molar-refractivity contribution < 1.29 is 4.79 Å². The van der Waals surface area contributed by atoms with Crippen LogP contribution in [0.15, 0.2) is 34.6 Å². The van der Waals surface area contributed by atoms with Crippen LogP contribution < -0.4 is 10.6 Å². The Morgan fingerprint density at radius 3 is 2.85 bits per heavy atom. The minimum atomic E-state index is 0.0950. The van der Waals surface area contributed by atoms with E-state index in [2.05, 4.69) is 44.2 Å². The van der Waals surface area contributed by atoms with E-state index in [0.29, 0.717) is 12.5 Å². The van der Waals surface area contributed by atoms with Crippen molar-refractivity contribution >= 4 is 23.2 Å². The lowest BCUT2D eigenvalue weighted by atomic mass is 10.00. The number of benzene rings is 1. The maximum Gasteiger partial charge on any atom is 0.242 e. The molecule has 1 aromatic heterocycles. The van der Waals surface area contributed by atoms with Crippen LogP contribution in [-0.2, 0) is 24.2 Å². The van der Waals surface area contributed by atoms with Crippen LogP contribution in [0.4, 0.5) is 0 Å². The Hall–Kier alpha value is -2.41. The Balaban J connectivity index is 1.43. The molecule has 138 valence electrons. The first-order valence-corrected chi connectivity index (χ1v) is 9.74. The van der Waals surface area contributed by atoms with Crippen molar-refractivity contribution in [1.29, 1.82) is 0 Å². The summed E-state index contributed by atoms with van der Waals surface area (Å²) in [7, 11) is 1.71. The van der Waals surface area contributed by atoms with Crippen LogP contribution in [-0.4, -0.2) is 48.4 Å². The summed E-state index contributed by atoms with van der Waals surface area (Å²) in [5, 5.41) is 9.50. The van der Waals surface area contributed by atoms with Gasteiger partial charge in [-0.05, 0) is 24.5 Å². The number of carbonyl (C=O) groups is 1. The predicted octanol–water partition coefficient (Wildman–Crippen LogP) is 1.74. The lowest BCUT2D eigenvalue weighted by molar-refractivity contribution is -0.130. The lowest BCUT2D eigenvalue weighted by Crippen LogP contribution is -2.46. The molecule has 26 heavy (non-hydrogen) atoms. The number of nitrogens with one attached hydrogen (secondary N) is 2. The summed E-state index contributed by atoms with van der Waals surface area (Å²) < 4.78 is 0. The highest BCUT2D eigenvalue weighted by molar-refractivity contribution is 7.09. The average Bonchev–Trinajstić information content (AvgIpc) is 3.09. The summed E-state index contributed by atoms with van der Waals surface area (Å²) in [5.41, 5.74) is 3.67. The van der Waals surface area contributed by atoms with Gasteiger partial charge in [-0.1, -0.05) is 24.3 Å². The molecule has 2 aromatic rings. The third-order valence-corrected chi connectivity index (χ3v) is 5.28. The van der Waals surface area contributed by atoms with Gasteiger partial charge in [0.15, 0.2) is 5.96 Å². The summed E-state index contributed by atoms with van der Waals surface area (Å²) in [6.07, 6.45) is 1.75. The minimum absolute atomic E-state index is 0.0950. The van der Waals surface area contributed by atoms with Crippen LogP contribution in [0.1, 0.15) is 21.8 Å². The van der Waals surface area contributed by atoms with Gasteiger partial charge in [0.1, 0.15) is 0 Å². The first kappa shape index (κ1) is 18.4. The zero-order valence-corrected chi connectivity index (χ0v) is 16.1. The molecular formula is C19H25N5OS. The normalized spacial score (nSPS) is 14.1. The number of fused-ring (bicyclic) bond motifs is 1. The standard InChI is InChI=1S/C19H25N5OS/c1-14-23-17(13-26-14)7-9-21-19(20-2)22-11-18(25)24-10-8-15-5-3-4-6-16(15)12-24/h3-6,13H,7-12H2,1-2H3,(H2,20,21,22). The Bertz CT molecular complexity index is 786. The SMILES string of the molecule is CN=C(NCCc1csc(C)n1)NCC(=O)N1CCc2ccccc2C1. The number of hydrogen-bond acceptors (Lipinski definition) is 4. The van der Waals surface area contributed by atoms with Crippen molar-refractivity contribution in [3.8, 4) is 0 Å². The largest absolute Gasteiger partial charge is 0.356 e. The van der Waals surface area contributed by atoms with Crippen molar-refractivity contribution in [2.75, 3.05) is 26.7 Å². The quantitative estimate of drug-likeness (QED) is 0.621. The van der Waals surface area contributed by atoms with E-state index in [0.717, 1.165) is 36.6 Å². The Labute approximate surface area is 158 Å². The van der Waals surface area contributed by atoms with E-state index >= 15 is 0 Å². The number of thiazole rings is 1. The highest BCUT2D eigenvalue weighted by Gasteiger charge is 2.20. The maximum absolute atomic E-state index is 12.5. The third kappa shape index (κ3) is 4.82. The van der Waals surface area contributed by atoms with Crippen molar-refractivity contribution in [1.82, 2.24) is 20.5 Å². The maximum atomic E-state index is 12.5. The van der Waals surface area contributed by atoms with E-state index in [1.807, 2.05) is 17.9 Å². The van der Waals surface area contributed by atoms with E-state index in [9.17, 15) is 4.79 Å². The molecule has 0 saturated carbocycles. The first-order valence-electron chi connectivity index (χ1n) is 8.86. The average molecular weight is 372 g/mol. The van der Waals surface area contributed by atoms with Gasteiger partial charge in [0.25, 0.3) is 0 Å². The third-order valence-electron chi connectivity index (χ3n) is 4.45. The number of aryl methyl sites for hydroxylation is 1. The molecule has 0 aliphatic carbocycles. The Morgan fingerprint density at radius 2 is 2.12 bits per heavy atom. The Kier molecular flexibility index (Phi) is 6.22. The molecule has 0 unspecified atom stereocenters. The number of aromatic nitrogens is 1. The van der Waals surface area contributed by atoms with Crippen LogP contribution in [0, 0.1) is 6.92 Å². The summed E-state index contributed by atoms with van der Waals surface area (Å²) in [5.74, 6) is 0.736. The smallest absolute Gasteiger partial charge is 0.242 e. The second kappa shape index (κ2) is 8.80. The monoisotopic (exact) mass is 371 g/mol. The molecule has 1 aliphatic rings. The molecule has 0 fully saturated rings. The molecule has 1 aliphatic heterocycles. The molecule has 2 N–H and O–H groups in total. The van der Waals surface area contributed by atoms with Crippen LogP contribution in [0.5, 0.6) is 0 Å². The minimum Gasteiger partial charge on any atom is -0.356 e. The molecule has 0 bridgehead atoms. The van der Waals surface area contributed by atoms with Gasteiger partial charge in [0.2, 0.25) is 5.91 Å².